The quantitative estimate of drug-likeness (QED) is 0.645. The molecule has 2 aromatic rings. The summed E-state index contributed by atoms with van der Waals surface area (Å²) in [6, 6.07) is 1.50. The van der Waals surface area contributed by atoms with E-state index in [1.54, 1.807) is 21.1 Å². The van der Waals surface area contributed by atoms with Crippen molar-refractivity contribution < 1.29 is 14.3 Å². The maximum atomic E-state index is 11.7. The minimum Gasteiger partial charge on any atom is -0.480 e. The van der Waals surface area contributed by atoms with E-state index in [0.717, 1.165) is 37.7 Å². The molecule has 11 heteroatoms. The monoisotopic (exact) mass is 419 g/mol. The number of amides is 1. The molecule has 0 spiro atoms. The van der Waals surface area contributed by atoms with Gasteiger partial charge in [0.05, 0.1) is 14.2 Å². The van der Waals surface area contributed by atoms with E-state index in [0.29, 0.717) is 40.0 Å². The lowest BCUT2D eigenvalue weighted by molar-refractivity contribution is -0.115. The van der Waals surface area contributed by atoms with E-state index >= 15 is 0 Å². The Morgan fingerprint density at radius 3 is 2.38 bits per heavy atom. The average molecular weight is 420 g/mol. The van der Waals surface area contributed by atoms with E-state index in [9.17, 15) is 4.79 Å². The van der Waals surface area contributed by atoms with Crippen molar-refractivity contribution in [2.24, 2.45) is 0 Å². The third-order valence-corrected chi connectivity index (χ3v) is 5.24. The van der Waals surface area contributed by atoms with Crippen LogP contribution in [0.1, 0.15) is 32.6 Å². The smallest absolute Gasteiger partial charge is 0.236 e. The normalized spacial score (nSPS) is 13.8. The van der Waals surface area contributed by atoms with Crippen LogP contribution in [0.4, 0.5) is 17.6 Å². The molecule has 3 heterocycles. The second-order valence-corrected chi connectivity index (χ2v) is 7.36. The molecule has 1 saturated heterocycles. The number of rotatable bonds is 7. The lowest BCUT2D eigenvalue weighted by Crippen LogP contribution is -2.31. The molecule has 1 aliphatic heterocycles. The lowest BCUT2D eigenvalue weighted by Gasteiger charge is -2.27. The molecule has 29 heavy (non-hydrogen) atoms. The van der Waals surface area contributed by atoms with Gasteiger partial charge in [0, 0.05) is 25.6 Å². The number of nitrogens with one attached hydrogen (secondary N) is 1. The number of carbonyl (C=O) groups is 1. The Kier molecular flexibility index (Phi) is 6.91. The van der Waals surface area contributed by atoms with E-state index in [4.69, 9.17) is 15.2 Å². The van der Waals surface area contributed by atoms with Crippen molar-refractivity contribution in [1.82, 2.24) is 19.9 Å². The van der Waals surface area contributed by atoms with Gasteiger partial charge in [-0.05, 0) is 31.0 Å². The first-order chi connectivity index (χ1) is 14.0. The summed E-state index contributed by atoms with van der Waals surface area (Å²) in [4.78, 5) is 32.0. The van der Waals surface area contributed by atoms with Gasteiger partial charge in [-0.25, -0.2) is 9.97 Å². The molecule has 0 radical (unpaired) electrons. The molecule has 1 fully saturated rings. The summed E-state index contributed by atoms with van der Waals surface area (Å²) in [6.45, 7) is 3.56. The van der Waals surface area contributed by atoms with Crippen molar-refractivity contribution in [3.05, 3.63) is 6.07 Å². The zero-order valence-corrected chi connectivity index (χ0v) is 17.6. The molecule has 1 aliphatic rings. The van der Waals surface area contributed by atoms with Gasteiger partial charge in [-0.3, -0.25) is 4.79 Å². The first-order valence-electron chi connectivity index (χ1n) is 9.41. The zero-order chi connectivity index (χ0) is 20.8. The van der Waals surface area contributed by atoms with Crippen LogP contribution in [0.3, 0.4) is 0 Å². The van der Waals surface area contributed by atoms with Crippen LogP contribution in [0.15, 0.2) is 16.1 Å². The van der Waals surface area contributed by atoms with Gasteiger partial charge in [0.15, 0.2) is 5.16 Å². The average Bonchev–Trinajstić information content (AvgIpc) is 2.73. The Hall–Kier alpha value is -2.82. The molecular weight excluding hydrogens is 394 g/mol. The summed E-state index contributed by atoms with van der Waals surface area (Å²) >= 11 is 1.16. The van der Waals surface area contributed by atoms with Crippen LogP contribution in [0.25, 0.3) is 0 Å². The fraction of sp³-hybridized carbons (Fsp3) is 0.500. The van der Waals surface area contributed by atoms with Gasteiger partial charge in [0.1, 0.15) is 16.5 Å². The maximum Gasteiger partial charge on any atom is 0.236 e. The highest BCUT2D eigenvalue weighted by Crippen LogP contribution is 2.40. The molecule has 10 nitrogen and oxygen atoms in total. The number of nitrogens with zero attached hydrogens (tertiary/aromatic N) is 5. The molecular formula is C18H25N7O3S. The fourth-order valence-corrected chi connectivity index (χ4v) is 3.78. The second-order valence-electron chi connectivity index (χ2n) is 6.38. The molecule has 3 N–H and O–H groups in total. The summed E-state index contributed by atoms with van der Waals surface area (Å²) in [7, 11) is 3.08. The van der Waals surface area contributed by atoms with E-state index in [1.165, 1.54) is 12.5 Å². The van der Waals surface area contributed by atoms with Crippen molar-refractivity contribution in [3.63, 3.8) is 0 Å². The number of ether oxygens (including phenoxy) is 2. The SMILES string of the molecule is CCC(=O)Nc1cc(N)nc(Sc2c(OC)nc(N3CCCCC3)nc2OC)n1. The van der Waals surface area contributed by atoms with E-state index in [1.807, 2.05) is 0 Å². The number of methoxy groups -OCH3 is 2. The van der Waals surface area contributed by atoms with Crippen LogP contribution < -0.4 is 25.4 Å². The summed E-state index contributed by atoms with van der Waals surface area (Å²) < 4.78 is 11.0. The van der Waals surface area contributed by atoms with Crippen LogP contribution in [0, 0.1) is 0 Å². The molecule has 0 unspecified atom stereocenters. The van der Waals surface area contributed by atoms with Crippen molar-refractivity contribution in [2.75, 3.05) is 43.3 Å². The molecule has 2 aromatic heterocycles. The van der Waals surface area contributed by atoms with Crippen molar-refractivity contribution >= 4 is 35.3 Å². The van der Waals surface area contributed by atoms with Gasteiger partial charge in [-0.15, -0.1) is 0 Å². The number of nitrogens with two attached hydrogens (primary N) is 1. The molecule has 0 aromatic carbocycles. The number of piperidine rings is 1. The Morgan fingerprint density at radius 2 is 1.79 bits per heavy atom. The van der Waals surface area contributed by atoms with Crippen LogP contribution in [0.2, 0.25) is 0 Å². The van der Waals surface area contributed by atoms with E-state index in [2.05, 4.69) is 30.2 Å². The molecule has 0 bridgehead atoms. The fourth-order valence-electron chi connectivity index (χ4n) is 2.87. The molecule has 0 atom stereocenters. The minimum atomic E-state index is -0.163. The van der Waals surface area contributed by atoms with Crippen LogP contribution in [0.5, 0.6) is 11.8 Å². The topological polar surface area (TPSA) is 128 Å². The highest BCUT2D eigenvalue weighted by atomic mass is 32.2. The van der Waals surface area contributed by atoms with Crippen molar-refractivity contribution in [3.8, 4) is 11.8 Å². The van der Waals surface area contributed by atoms with Crippen LogP contribution in [-0.2, 0) is 4.79 Å². The predicted octanol–water partition coefficient (Wildman–Crippen LogP) is 2.36. The highest BCUT2D eigenvalue weighted by molar-refractivity contribution is 7.99. The third kappa shape index (κ3) is 5.17. The zero-order valence-electron chi connectivity index (χ0n) is 16.8. The predicted molar refractivity (Wildman–Crippen MR) is 111 cm³/mol. The van der Waals surface area contributed by atoms with E-state index in [-0.39, 0.29) is 11.7 Å². The van der Waals surface area contributed by atoms with Gasteiger partial charge < -0.3 is 25.4 Å². The van der Waals surface area contributed by atoms with Gasteiger partial charge in [0.2, 0.25) is 23.6 Å². The number of hydrogen-bond donors (Lipinski definition) is 2. The number of nitrogen functional groups attached to an aromatic ring is 1. The lowest BCUT2D eigenvalue weighted by atomic mass is 10.1. The highest BCUT2D eigenvalue weighted by Gasteiger charge is 2.23. The minimum absolute atomic E-state index is 0.163. The maximum absolute atomic E-state index is 11.7. The molecule has 0 aliphatic carbocycles. The standard InChI is InChI=1S/C18H25N7O3S/c1-4-13(26)21-12-10-11(19)20-18(22-12)29-14-15(27-2)23-17(24-16(14)28-3)25-8-6-5-7-9-25/h10H,4-9H2,1-3H3,(H3,19,20,21,22,26). The Balaban J connectivity index is 1.92. The van der Waals surface area contributed by atoms with Gasteiger partial charge in [-0.1, -0.05) is 6.92 Å². The van der Waals surface area contributed by atoms with Crippen LogP contribution >= 0.6 is 11.8 Å². The molecule has 1 amide bonds. The molecule has 156 valence electrons. The number of anilines is 3. The first kappa shape index (κ1) is 20.9. The molecule has 3 rings (SSSR count). The number of carbonyl (C=O) groups excluding carboxylic acids is 1. The second kappa shape index (κ2) is 9.59. The Bertz CT molecular complexity index is 850. The van der Waals surface area contributed by atoms with E-state index < -0.39 is 0 Å². The summed E-state index contributed by atoms with van der Waals surface area (Å²) in [5.74, 6) is 1.71. The van der Waals surface area contributed by atoms with Crippen molar-refractivity contribution in [1.29, 1.82) is 0 Å². The largest absolute Gasteiger partial charge is 0.480 e. The van der Waals surface area contributed by atoms with Gasteiger partial charge in [0.25, 0.3) is 0 Å². The van der Waals surface area contributed by atoms with Gasteiger partial charge >= 0.3 is 0 Å². The summed E-state index contributed by atoms with van der Waals surface area (Å²) in [5.41, 5.74) is 5.88. The Morgan fingerprint density at radius 1 is 1.14 bits per heavy atom. The number of hydrogen-bond acceptors (Lipinski definition) is 10. The Labute approximate surface area is 173 Å². The van der Waals surface area contributed by atoms with Crippen LogP contribution in [-0.4, -0.2) is 53.2 Å². The summed E-state index contributed by atoms with van der Waals surface area (Å²) in [6.07, 6.45) is 3.75. The summed E-state index contributed by atoms with van der Waals surface area (Å²) in [5, 5.41) is 3.01. The molecule has 0 saturated carbocycles. The third-order valence-electron chi connectivity index (χ3n) is 4.32. The first-order valence-corrected chi connectivity index (χ1v) is 10.2. The van der Waals surface area contributed by atoms with Crippen molar-refractivity contribution in [2.45, 2.75) is 42.7 Å². The number of aromatic nitrogens is 4. The van der Waals surface area contributed by atoms with Gasteiger partial charge in [-0.2, -0.15) is 9.97 Å².